The van der Waals surface area contributed by atoms with Gasteiger partial charge in [0, 0.05) is 0 Å². The molecular weight excluding hydrogens is 298 g/mol. The predicted octanol–water partition coefficient (Wildman–Crippen LogP) is 3.75. The summed E-state index contributed by atoms with van der Waals surface area (Å²) in [4.78, 5) is 24.2. The Hall–Kier alpha value is -1.85. The molecule has 104 valence electrons. The van der Waals surface area contributed by atoms with E-state index >= 15 is 0 Å². The molecule has 4 nitrogen and oxygen atoms in total. The Balaban J connectivity index is 2.27. The van der Waals surface area contributed by atoms with Crippen LogP contribution in [0.5, 0.6) is 0 Å². The van der Waals surface area contributed by atoms with E-state index in [1.54, 1.807) is 12.1 Å². The van der Waals surface area contributed by atoms with Crippen molar-refractivity contribution in [2.45, 2.75) is 6.92 Å². The van der Waals surface area contributed by atoms with Gasteiger partial charge in [-0.05, 0) is 42.1 Å². The number of benzene rings is 1. The first kappa shape index (κ1) is 14.6. The van der Waals surface area contributed by atoms with Gasteiger partial charge in [0.05, 0.1) is 28.3 Å². The fourth-order valence-corrected chi connectivity index (χ4v) is 2.64. The van der Waals surface area contributed by atoms with Crippen LogP contribution in [-0.2, 0) is 4.74 Å². The third-order valence-corrected chi connectivity index (χ3v) is 4.05. The van der Waals surface area contributed by atoms with E-state index in [1.807, 2.05) is 18.4 Å². The van der Waals surface area contributed by atoms with Gasteiger partial charge in [-0.2, -0.15) is 0 Å². The first-order valence-corrected chi connectivity index (χ1v) is 7.02. The van der Waals surface area contributed by atoms with Crippen LogP contribution in [0, 0.1) is 6.92 Å². The van der Waals surface area contributed by atoms with E-state index in [-0.39, 0.29) is 5.91 Å². The Morgan fingerprint density at radius 2 is 2.05 bits per heavy atom. The molecule has 0 aliphatic rings. The highest BCUT2D eigenvalue weighted by molar-refractivity contribution is 7.12. The van der Waals surface area contributed by atoms with Crippen molar-refractivity contribution in [1.82, 2.24) is 0 Å². The van der Waals surface area contributed by atoms with E-state index in [0.717, 1.165) is 5.56 Å². The zero-order valence-corrected chi connectivity index (χ0v) is 12.5. The summed E-state index contributed by atoms with van der Waals surface area (Å²) in [6.07, 6.45) is 0. The topological polar surface area (TPSA) is 55.4 Å². The van der Waals surface area contributed by atoms with Crippen molar-refractivity contribution in [3.05, 3.63) is 50.7 Å². The summed E-state index contributed by atoms with van der Waals surface area (Å²) >= 11 is 7.38. The molecule has 20 heavy (non-hydrogen) atoms. The van der Waals surface area contributed by atoms with Crippen molar-refractivity contribution in [2.75, 3.05) is 12.4 Å². The molecule has 1 aromatic heterocycles. The van der Waals surface area contributed by atoms with Crippen LogP contribution in [0.1, 0.15) is 25.6 Å². The van der Waals surface area contributed by atoms with Crippen molar-refractivity contribution in [1.29, 1.82) is 0 Å². The number of carbonyl (C=O) groups excluding carboxylic acids is 2. The molecule has 0 aliphatic carbocycles. The summed E-state index contributed by atoms with van der Waals surface area (Å²) in [5.74, 6) is -0.731. The van der Waals surface area contributed by atoms with Crippen LogP contribution >= 0.6 is 22.9 Å². The number of amides is 1. The lowest BCUT2D eigenvalue weighted by Gasteiger charge is -2.08. The van der Waals surface area contributed by atoms with Crippen molar-refractivity contribution < 1.29 is 14.3 Å². The third kappa shape index (κ3) is 3.00. The second-order valence-electron chi connectivity index (χ2n) is 4.07. The van der Waals surface area contributed by atoms with E-state index in [1.165, 1.54) is 24.5 Å². The van der Waals surface area contributed by atoms with Crippen LogP contribution in [-0.4, -0.2) is 19.0 Å². The van der Waals surface area contributed by atoms with Gasteiger partial charge >= 0.3 is 5.97 Å². The Kier molecular flexibility index (Phi) is 4.42. The van der Waals surface area contributed by atoms with E-state index in [0.29, 0.717) is 21.2 Å². The number of carbonyl (C=O) groups is 2. The van der Waals surface area contributed by atoms with E-state index < -0.39 is 5.97 Å². The van der Waals surface area contributed by atoms with Crippen LogP contribution in [0.3, 0.4) is 0 Å². The molecule has 1 aromatic carbocycles. The molecule has 2 rings (SSSR count). The quantitative estimate of drug-likeness (QED) is 0.879. The lowest BCUT2D eigenvalue weighted by atomic mass is 10.2. The van der Waals surface area contributed by atoms with E-state index in [2.05, 4.69) is 10.1 Å². The average Bonchev–Trinajstić information content (AvgIpc) is 2.86. The third-order valence-electron chi connectivity index (χ3n) is 2.70. The molecule has 0 fully saturated rings. The maximum atomic E-state index is 12.1. The van der Waals surface area contributed by atoms with Crippen LogP contribution in [0.4, 0.5) is 5.69 Å². The summed E-state index contributed by atoms with van der Waals surface area (Å²) in [5, 5.41) is 4.91. The normalized spacial score (nSPS) is 10.2. The van der Waals surface area contributed by atoms with Crippen molar-refractivity contribution in [3.8, 4) is 0 Å². The molecule has 0 aliphatic heterocycles. The summed E-state index contributed by atoms with van der Waals surface area (Å²) in [6, 6.07) is 6.45. The fraction of sp³-hybridized carbons (Fsp3) is 0.143. The maximum Gasteiger partial charge on any atom is 0.337 e. The largest absolute Gasteiger partial charge is 0.465 e. The van der Waals surface area contributed by atoms with Crippen molar-refractivity contribution >= 4 is 40.5 Å². The number of hydrogen-bond donors (Lipinski definition) is 1. The molecule has 0 saturated heterocycles. The molecule has 6 heteroatoms. The lowest BCUT2D eigenvalue weighted by Crippen LogP contribution is -2.12. The first-order valence-electron chi connectivity index (χ1n) is 5.76. The summed E-state index contributed by atoms with van der Waals surface area (Å²) in [6.45, 7) is 1.86. The van der Waals surface area contributed by atoms with Crippen molar-refractivity contribution in [2.24, 2.45) is 0 Å². The smallest absolute Gasteiger partial charge is 0.337 e. The lowest BCUT2D eigenvalue weighted by molar-refractivity contribution is 0.0600. The second-order valence-corrected chi connectivity index (χ2v) is 5.40. The Morgan fingerprint density at radius 3 is 2.65 bits per heavy atom. The van der Waals surface area contributed by atoms with Crippen LogP contribution in [0.2, 0.25) is 5.02 Å². The first-order chi connectivity index (χ1) is 9.52. The van der Waals surface area contributed by atoms with E-state index in [9.17, 15) is 9.59 Å². The molecule has 2 aromatic rings. The van der Waals surface area contributed by atoms with Gasteiger partial charge in [0.25, 0.3) is 5.91 Å². The number of thiophene rings is 1. The number of nitrogens with one attached hydrogen (secondary N) is 1. The van der Waals surface area contributed by atoms with Gasteiger partial charge < -0.3 is 10.1 Å². The molecule has 1 heterocycles. The zero-order chi connectivity index (χ0) is 14.7. The highest BCUT2D eigenvalue weighted by atomic mass is 35.5. The fourth-order valence-electron chi connectivity index (χ4n) is 1.65. The van der Waals surface area contributed by atoms with Crippen molar-refractivity contribution in [3.63, 3.8) is 0 Å². The minimum absolute atomic E-state index is 0.249. The monoisotopic (exact) mass is 309 g/mol. The number of anilines is 1. The molecular formula is C14H12ClNO3S. The number of rotatable bonds is 3. The molecule has 1 amide bonds. The summed E-state index contributed by atoms with van der Waals surface area (Å²) < 4.78 is 4.63. The molecule has 0 bridgehead atoms. The average molecular weight is 310 g/mol. The Labute approximate surface area is 125 Å². The minimum Gasteiger partial charge on any atom is -0.465 e. The van der Waals surface area contributed by atoms with Gasteiger partial charge in [0.2, 0.25) is 0 Å². The van der Waals surface area contributed by atoms with E-state index in [4.69, 9.17) is 11.6 Å². The van der Waals surface area contributed by atoms with Crippen LogP contribution < -0.4 is 5.32 Å². The number of esters is 1. The number of hydrogen-bond acceptors (Lipinski definition) is 4. The van der Waals surface area contributed by atoms with Crippen LogP contribution in [0.15, 0.2) is 29.6 Å². The van der Waals surface area contributed by atoms with Gasteiger partial charge in [-0.3, -0.25) is 4.79 Å². The second kappa shape index (κ2) is 6.07. The minimum atomic E-state index is -0.482. The SMILES string of the molecule is COC(=O)c1ccc(Cl)c(NC(=O)c2sccc2C)c1. The van der Waals surface area contributed by atoms with Crippen LogP contribution in [0.25, 0.3) is 0 Å². The van der Waals surface area contributed by atoms with Gasteiger partial charge in [-0.1, -0.05) is 11.6 Å². The summed E-state index contributed by atoms with van der Waals surface area (Å²) in [5.41, 5.74) is 1.61. The number of methoxy groups -OCH3 is 1. The molecule has 0 unspecified atom stereocenters. The van der Waals surface area contributed by atoms with Gasteiger partial charge in [-0.25, -0.2) is 4.79 Å². The Bertz CT molecular complexity index is 666. The van der Waals surface area contributed by atoms with Gasteiger partial charge in [0.15, 0.2) is 0 Å². The molecule has 0 radical (unpaired) electrons. The zero-order valence-electron chi connectivity index (χ0n) is 10.9. The highest BCUT2D eigenvalue weighted by Crippen LogP contribution is 2.25. The number of ether oxygens (including phenoxy) is 1. The van der Waals surface area contributed by atoms with Gasteiger partial charge in [-0.15, -0.1) is 11.3 Å². The molecule has 0 atom stereocenters. The molecule has 1 N–H and O–H groups in total. The molecule has 0 spiro atoms. The van der Waals surface area contributed by atoms with Gasteiger partial charge in [0.1, 0.15) is 0 Å². The maximum absolute atomic E-state index is 12.1. The number of aryl methyl sites for hydroxylation is 1. The summed E-state index contributed by atoms with van der Waals surface area (Å²) in [7, 11) is 1.30. The highest BCUT2D eigenvalue weighted by Gasteiger charge is 2.14. The predicted molar refractivity (Wildman–Crippen MR) is 79.8 cm³/mol. The Morgan fingerprint density at radius 1 is 1.30 bits per heavy atom. The standard InChI is InChI=1S/C14H12ClNO3S/c1-8-5-6-20-12(8)13(17)16-11-7-9(14(18)19-2)3-4-10(11)15/h3-7H,1-2H3,(H,16,17). The molecule has 0 saturated carbocycles. The number of halogens is 1.